The fourth-order valence-corrected chi connectivity index (χ4v) is 1.51. The van der Waals surface area contributed by atoms with Crippen molar-refractivity contribution in [3.8, 4) is 0 Å². The largest absolute Gasteiger partial charge is 0.451 e. The molecule has 0 fully saturated rings. The SMILES string of the molecule is NCC(=O)NC(CC(=O)OP)c1ccc(F)cc1. The molecule has 2 atom stereocenters. The van der Waals surface area contributed by atoms with Crippen molar-refractivity contribution in [3.05, 3.63) is 35.6 Å². The zero-order chi connectivity index (χ0) is 13.5. The molecule has 1 aromatic carbocycles. The summed E-state index contributed by atoms with van der Waals surface area (Å²) in [6, 6.07) is 4.90. The van der Waals surface area contributed by atoms with Crippen molar-refractivity contribution in [3.63, 3.8) is 0 Å². The summed E-state index contributed by atoms with van der Waals surface area (Å²) in [5, 5.41) is 2.57. The second-order valence-electron chi connectivity index (χ2n) is 3.57. The van der Waals surface area contributed by atoms with Gasteiger partial charge in [-0.2, -0.15) is 0 Å². The highest BCUT2D eigenvalue weighted by Gasteiger charge is 2.18. The smallest absolute Gasteiger partial charge is 0.310 e. The van der Waals surface area contributed by atoms with Gasteiger partial charge in [-0.05, 0) is 17.7 Å². The van der Waals surface area contributed by atoms with Crippen LogP contribution in [0.2, 0.25) is 0 Å². The minimum Gasteiger partial charge on any atom is -0.451 e. The molecule has 0 aliphatic rings. The molecule has 0 saturated carbocycles. The van der Waals surface area contributed by atoms with E-state index in [4.69, 9.17) is 5.73 Å². The molecule has 0 aliphatic carbocycles. The number of benzene rings is 1. The molecular weight excluding hydrogens is 258 g/mol. The van der Waals surface area contributed by atoms with E-state index >= 15 is 0 Å². The van der Waals surface area contributed by atoms with Crippen LogP contribution in [0.5, 0.6) is 0 Å². The van der Waals surface area contributed by atoms with Crippen LogP contribution in [0.15, 0.2) is 24.3 Å². The van der Waals surface area contributed by atoms with Gasteiger partial charge in [0, 0.05) is 0 Å². The van der Waals surface area contributed by atoms with Crippen LogP contribution in [0.3, 0.4) is 0 Å². The lowest BCUT2D eigenvalue weighted by molar-refractivity contribution is -0.134. The molecule has 0 aromatic heterocycles. The highest BCUT2D eigenvalue weighted by Crippen LogP contribution is 2.18. The zero-order valence-electron chi connectivity index (χ0n) is 9.56. The Morgan fingerprint density at radius 3 is 2.50 bits per heavy atom. The Kier molecular flexibility index (Phi) is 5.68. The Morgan fingerprint density at radius 2 is 2.00 bits per heavy atom. The predicted octanol–water partition coefficient (Wildman–Crippen LogP) is 0.665. The molecule has 7 heteroatoms. The van der Waals surface area contributed by atoms with Gasteiger partial charge >= 0.3 is 5.97 Å². The maximum absolute atomic E-state index is 12.8. The second kappa shape index (κ2) is 7.03. The maximum Gasteiger partial charge on any atom is 0.310 e. The first kappa shape index (κ1) is 14.5. The molecule has 1 aromatic rings. The van der Waals surface area contributed by atoms with E-state index in [0.717, 1.165) is 0 Å². The summed E-state index contributed by atoms with van der Waals surface area (Å²) >= 11 is 0. The van der Waals surface area contributed by atoms with E-state index in [1.54, 1.807) is 0 Å². The average molecular weight is 272 g/mol. The number of rotatable bonds is 5. The van der Waals surface area contributed by atoms with E-state index in [0.29, 0.717) is 5.56 Å². The monoisotopic (exact) mass is 272 g/mol. The number of nitrogens with two attached hydrogens (primary N) is 1. The van der Waals surface area contributed by atoms with E-state index in [-0.39, 0.29) is 13.0 Å². The number of hydrogen-bond donors (Lipinski definition) is 2. The number of amides is 1. The minimum absolute atomic E-state index is 0.0547. The number of nitrogens with one attached hydrogen (secondary N) is 1. The van der Waals surface area contributed by atoms with Crippen molar-refractivity contribution in [2.75, 3.05) is 6.54 Å². The van der Waals surface area contributed by atoms with Gasteiger partial charge in [-0.1, -0.05) is 12.1 Å². The number of carbonyl (C=O) groups is 2. The van der Waals surface area contributed by atoms with Crippen LogP contribution in [0.4, 0.5) is 4.39 Å². The first-order chi connectivity index (χ1) is 8.56. The lowest BCUT2D eigenvalue weighted by atomic mass is 10.0. The standard InChI is InChI=1S/C11H14FN2O3P/c12-8-3-1-7(2-4-8)9(5-11(16)17-18)14-10(15)6-13/h1-4,9H,5-6,13,18H2,(H,14,15). The summed E-state index contributed by atoms with van der Waals surface area (Å²) in [6.07, 6.45) is -0.0547. The van der Waals surface area contributed by atoms with Crippen LogP contribution in [0.1, 0.15) is 18.0 Å². The molecule has 1 rings (SSSR count). The summed E-state index contributed by atoms with van der Waals surface area (Å²) in [6.45, 7) is -0.187. The lowest BCUT2D eigenvalue weighted by Gasteiger charge is -2.17. The van der Waals surface area contributed by atoms with E-state index < -0.39 is 23.7 Å². The van der Waals surface area contributed by atoms with Crippen LogP contribution in [0, 0.1) is 5.82 Å². The van der Waals surface area contributed by atoms with Crippen LogP contribution in [0.25, 0.3) is 0 Å². The van der Waals surface area contributed by atoms with Gasteiger partial charge in [-0.3, -0.25) is 9.59 Å². The minimum atomic E-state index is -0.588. The quantitative estimate of drug-likeness (QED) is 0.772. The van der Waals surface area contributed by atoms with Gasteiger partial charge < -0.3 is 15.6 Å². The molecule has 0 saturated heterocycles. The summed E-state index contributed by atoms with van der Waals surface area (Å²) in [5.74, 6) is -1.30. The second-order valence-corrected chi connectivity index (χ2v) is 3.81. The molecule has 2 unspecified atom stereocenters. The molecular formula is C11H14FN2O3P. The van der Waals surface area contributed by atoms with Crippen molar-refractivity contribution >= 4 is 21.3 Å². The van der Waals surface area contributed by atoms with Crippen molar-refractivity contribution in [2.24, 2.45) is 5.73 Å². The molecule has 3 N–H and O–H groups in total. The zero-order valence-corrected chi connectivity index (χ0v) is 10.7. The van der Waals surface area contributed by atoms with Crippen molar-refractivity contribution in [2.45, 2.75) is 12.5 Å². The fourth-order valence-electron chi connectivity index (χ4n) is 1.42. The predicted molar refractivity (Wildman–Crippen MR) is 66.8 cm³/mol. The van der Waals surface area contributed by atoms with E-state index in [1.165, 1.54) is 24.3 Å². The normalized spacial score (nSPS) is 11.7. The van der Waals surface area contributed by atoms with Crippen LogP contribution < -0.4 is 11.1 Å². The van der Waals surface area contributed by atoms with Gasteiger partial charge in [-0.15, -0.1) is 0 Å². The molecule has 1 amide bonds. The van der Waals surface area contributed by atoms with Gasteiger partial charge in [-0.25, -0.2) is 4.39 Å². The Bertz CT molecular complexity index is 407. The molecule has 0 bridgehead atoms. The van der Waals surface area contributed by atoms with Gasteiger partial charge in [0.25, 0.3) is 0 Å². The Hall–Kier alpha value is -1.52. The number of carbonyl (C=O) groups excluding carboxylic acids is 2. The van der Waals surface area contributed by atoms with Crippen molar-refractivity contribution in [1.82, 2.24) is 5.32 Å². The van der Waals surface area contributed by atoms with Crippen LogP contribution >= 0.6 is 9.47 Å². The van der Waals surface area contributed by atoms with Gasteiger partial charge in [0.1, 0.15) is 5.82 Å². The van der Waals surface area contributed by atoms with Crippen molar-refractivity contribution in [1.29, 1.82) is 0 Å². The summed E-state index contributed by atoms with van der Waals surface area (Å²) < 4.78 is 17.3. The Labute approximate surface area is 106 Å². The summed E-state index contributed by atoms with van der Waals surface area (Å²) in [4.78, 5) is 22.5. The molecule has 0 heterocycles. The third-order valence-corrected chi connectivity index (χ3v) is 2.56. The fraction of sp³-hybridized carbons (Fsp3) is 0.273. The molecule has 0 spiro atoms. The van der Waals surface area contributed by atoms with Gasteiger partial charge in [0.2, 0.25) is 5.91 Å². The third-order valence-electron chi connectivity index (χ3n) is 2.30. The van der Waals surface area contributed by atoms with Crippen LogP contribution in [-0.4, -0.2) is 18.4 Å². The van der Waals surface area contributed by atoms with Gasteiger partial charge in [0.15, 0.2) is 0 Å². The number of hydrogen-bond acceptors (Lipinski definition) is 4. The molecule has 5 nitrogen and oxygen atoms in total. The number of halogens is 1. The van der Waals surface area contributed by atoms with E-state index in [9.17, 15) is 14.0 Å². The van der Waals surface area contributed by atoms with Gasteiger partial charge in [0.05, 0.1) is 28.5 Å². The van der Waals surface area contributed by atoms with Crippen molar-refractivity contribution < 1.29 is 18.5 Å². The first-order valence-electron chi connectivity index (χ1n) is 5.21. The maximum atomic E-state index is 12.8. The molecule has 98 valence electrons. The lowest BCUT2D eigenvalue weighted by Crippen LogP contribution is -2.34. The third kappa shape index (κ3) is 4.39. The highest BCUT2D eigenvalue weighted by molar-refractivity contribution is 7.10. The molecule has 0 radical (unpaired) electrons. The molecule has 18 heavy (non-hydrogen) atoms. The summed E-state index contributed by atoms with van der Waals surface area (Å²) in [5.41, 5.74) is 5.80. The Morgan fingerprint density at radius 1 is 1.39 bits per heavy atom. The van der Waals surface area contributed by atoms with E-state index in [1.807, 2.05) is 9.47 Å². The van der Waals surface area contributed by atoms with E-state index in [2.05, 4.69) is 9.84 Å². The molecule has 0 aliphatic heterocycles. The summed E-state index contributed by atoms with van der Waals surface area (Å²) in [7, 11) is 1.84. The topological polar surface area (TPSA) is 81.4 Å². The Balaban J connectivity index is 2.85. The highest BCUT2D eigenvalue weighted by atomic mass is 31.0. The average Bonchev–Trinajstić information content (AvgIpc) is 2.38. The first-order valence-corrected chi connectivity index (χ1v) is 5.68. The van der Waals surface area contributed by atoms with Crippen LogP contribution in [-0.2, 0) is 14.1 Å².